The van der Waals surface area contributed by atoms with E-state index in [4.69, 9.17) is 4.74 Å². The van der Waals surface area contributed by atoms with Crippen molar-refractivity contribution in [1.82, 2.24) is 10.3 Å². The van der Waals surface area contributed by atoms with E-state index in [-0.39, 0.29) is 12.5 Å². The van der Waals surface area contributed by atoms with Crippen molar-refractivity contribution in [1.29, 1.82) is 0 Å². The first-order chi connectivity index (χ1) is 17.4. The maximum atomic E-state index is 11.9. The minimum absolute atomic E-state index is 0.172. The summed E-state index contributed by atoms with van der Waals surface area (Å²) in [6.45, 7) is 20.4. The Morgan fingerprint density at radius 1 is 1.11 bits per heavy atom. The van der Waals surface area contributed by atoms with Crippen LogP contribution in [0, 0.1) is 18.8 Å². The van der Waals surface area contributed by atoms with Gasteiger partial charge in [0.2, 0.25) is 5.91 Å². The van der Waals surface area contributed by atoms with Crippen LogP contribution in [0.3, 0.4) is 0 Å². The second-order valence-corrected chi connectivity index (χ2v) is 11.2. The smallest absolute Gasteiger partial charge is 0.408 e. The lowest BCUT2D eigenvalue weighted by molar-refractivity contribution is -0.115. The van der Waals surface area contributed by atoms with E-state index in [1.54, 1.807) is 20.8 Å². The van der Waals surface area contributed by atoms with E-state index in [9.17, 15) is 9.59 Å². The Morgan fingerprint density at radius 2 is 1.78 bits per heavy atom. The molecule has 1 aromatic carbocycles. The maximum Gasteiger partial charge on any atom is 0.408 e. The quantitative estimate of drug-likeness (QED) is 0.319. The van der Waals surface area contributed by atoms with Crippen molar-refractivity contribution in [3.05, 3.63) is 35.2 Å². The van der Waals surface area contributed by atoms with Crippen LogP contribution in [-0.4, -0.2) is 29.1 Å². The molecule has 0 saturated carbocycles. The molecule has 0 aliphatic carbocycles. The first-order valence-electron chi connectivity index (χ1n) is 13.7. The zero-order chi connectivity index (χ0) is 28.4. The fraction of sp³-hybridized carbons (Fsp3) is 0.633. The van der Waals surface area contributed by atoms with Crippen LogP contribution in [-0.2, 0) is 9.53 Å². The van der Waals surface area contributed by atoms with E-state index in [0.29, 0.717) is 5.13 Å². The number of anilines is 1. The number of benzene rings is 1. The van der Waals surface area contributed by atoms with E-state index >= 15 is 0 Å². The van der Waals surface area contributed by atoms with E-state index in [0.717, 1.165) is 28.7 Å². The molecule has 2 aromatic rings. The summed E-state index contributed by atoms with van der Waals surface area (Å²) in [5.74, 6) is 1.53. The molecule has 2 unspecified atom stereocenters. The molecule has 1 aromatic heterocycles. The minimum Gasteiger partial charge on any atom is -0.444 e. The number of thiazole rings is 1. The fourth-order valence-electron chi connectivity index (χ4n) is 3.42. The van der Waals surface area contributed by atoms with Gasteiger partial charge in [-0.2, -0.15) is 0 Å². The molecular formula is C30H51N3O3S. The number of rotatable bonds is 10. The Morgan fingerprint density at radius 3 is 2.35 bits per heavy atom. The number of hydrogen-bond donors (Lipinski definition) is 2. The predicted molar refractivity (Wildman–Crippen MR) is 159 cm³/mol. The molecule has 2 N–H and O–H groups in total. The number of aromatic nitrogens is 1. The van der Waals surface area contributed by atoms with E-state index in [1.165, 1.54) is 43.4 Å². The zero-order valence-electron chi connectivity index (χ0n) is 24.9. The first kappa shape index (κ1) is 34.6. The monoisotopic (exact) mass is 533 g/mol. The summed E-state index contributed by atoms with van der Waals surface area (Å²) >= 11 is 1.34. The number of ether oxygens (including phenoxy) is 1. The predicted octanol–water partition coefficient (Wildman–Crippen LogP) is 8.86. The van der Waals surface area contributed by atoms with Crippen LogP contribution in [0.1, 0.15) is 100.0 Å². The third kappa shape index (κ3) is 16.9. The van der Waals surface area contributed by atoms with E-state index in [1.807, 2.05) is 50.4 Å². The van der Waals surface area contributed by atoms with Gasteiger partial charge in [0.15, 0.2) is 5.13 Å². The van der Waals surface area contributed by atoms with Crippen molar-refractivity contribution in [2.45, 2.75) is 107 Å². The molecule has 0 bridgehead atoms. The second-order valence-electron chi connectivity index (χ2n) is 10.3. The summed E-state index contributed by atoms with van der Waals surface area (Å²) in [5.41, 5.74) is 2.35. The highest BCUT2D eigenvalue weighted by atomic mass is 32.1. The summed E-state index contributed by atoms with van der Waals surface area (Å²) in [6, 6.07) is 7.98. The topological polar surface area (TPSA) is 80.3 Å². The van der Waals surface area contributed by atoms with Crippen LogP contribution in [0.4, 0.5) is 9.93 Å². The van der Waals surface area contributed by atoms with Crippen LogP contribution in [0.15, 0.2) is 29.6 Å². The molecule has 0 fully saturated rings. The van der Waals surface area contributed by atoms with Crippen molar-refractivity contribution < 1.29 is 14.3 Å². The molecule has 210 valence electrons. The van der Waals surface area contributed by atoms with Crippen molar-refractivity contribution in [3.63, 3.8) is 0 Å². The van der Waals surface area contributed by atoms with Crippen molar-refractivity contribution in [2.75, 3.05) is 11.9 Å². The van der Waals surface area contributed by atoms with Crippen LogP contribution in [0.5, 0.6) is 0 Å². The van der Waals surface area contributed by atoms with Crippen LogP contribution < -0.4 is 10.6 Å². The molecule has 2 amide bonds. The van der Waals surface area contributed by atoms with Gasteiger partial charge in [0.25, 0.3) is 0 Å². The Labute approximate surface area is 230 Å². The highest BCUT2D eigenvalue weighted by Crippen LogP contribution is 2.25. The van der Waals surface area contributed by atoms with Crippen LogP contribution in [0.2, 0.25) is 0 Å². The highest BCUT2D eigenvalue weighted by Gasteiger charge is 2.17. The second kappa shape index (κ2) is 18.8. The maximum absolute atomic E-state index is 11.9. The summed E-state index contributed by atoms with van der Waals surface area (Å²) in [6.07, 6.45) is 6.34. The van der Waals surface area contributed by atoms with Gasteiger partial charge in [-0.3, -0.25) is 4.79 Å². The normalized spacial score (nSPS) is 12.2. The molecule has 37 heavy (non-hydrogen) atoms. The Hall–Kier alpha value is -2.41. The van der Waals surface area contributed by atoms with Gasteiger partial charge in [-0.25, -0.2) is 9.78 Å². The standard InChI is InChI=1S/C17H21N3O3S.C11H24.C2H6/c1-11-6-5-7-12(8-11)13-10-24-15(19-13)20-14(21)9-18-16(22)23-17(2,3)4;1-5-7-8-11(4)9-10(3)6-2;1-2/h5-8,10H,9H2,1-4H3,(H,18,22)(H,19,20,21);10-11H,5-9H2,1-4H3;1-2H3. The van der Waals surface area contributed by atoms with Crippen LogP contribution in [0.25, 0.3) is 11.3 Å². The minimum atomic E-state index is -0.628. The van der Waals surface area contributed by atoms with Gasteiger partial charge in [0, 0.05) is 10.9 Å². The van der Waals surface area contributed by atoms with E-state index < -0.39 is 11.7 Å². The molecule has 2 rings (SSSR count). The Balaban J connectivity index is 0.000000841. The summed E-state index contributed by atoms with van der Waals surface area (Å²) in [4.78, 5) is 27.8. The summed E-state index contributed by atoms with van der Waals surface area (Å²) in [7, 11) is 0. The average molecular weight is 534 g/mol. The largest absolute Gasteiger partial charge is 0.444 e. The number of alkyl carbamates (subject to hydrolysis) is 1. The first-order valence-corrected chi connectivity index (χ1v) is 14.6. The molecule has 1 heterocycles. The van der Waals surface area contributed by atoms with Crippen molar-refractivity contribution >= 4 is 28.5 Å². The third-order valence-corrected chi connectivity index (χ3v) is 6.17. The molecule has 0 radical (unpaired) electrons. The van der Waals surface area contributed by atoms with Gasteiger partial charge >= 0.3 is 6.09 Å². The van der Waals surface area contributed by atoms with Crippen molar-refractivity contribution in [2.24, 2.45) is 11.8 Å². The number of carbonyl (C=O) groups is 2. The van der Waals surface area contributed by atoms with Gasteiger partial charge < -0.3 is 15.4 Å². The summed E-state index contributed by atoms with van der Waals surface area (Å²) < 4.78 is 5.07. The van der Waals surface area contributed by atoms with E-state index in [2.05, 4.69) is 43.3 Å². The van der Waals surface area contributed by atoms with Gasteiger partial charge in [-0.05, 0) is 52.0 Å². The number of carbonyl (C=O) groups excluding carboxylic acids is 2. The molecule has 0 spiro atoms. The number of nitrogens with zero attached hydrogens (tertiary/aromatic N) is 1. The molecule has 7 heteroatoms. The Bertz CT molecular complexity index is 905. The number of aryl methyl sites for hydroxylation is 1. The number of nitrogens with one attached hydrogen (secondary N) is 2. The van der Waals surface area contributed by atoms with Crippen molar-refractivity contribution in [3.8, 4) is 11.3 Å². The number of amides is 2. The Kier molecular flexibility index (Phi) is 17.6. The lowest BCUT2D eigenvalue weighted by Gasteiger charge is -2.19. The van der Waals surface area contributed by atoms with Gasteiger partial charge in [-0.15, -0.1) is 11.3 Å². The molecular weight excluding hydrogens is 482 g/mol. The molecule has 0 saturated heterocycles. The third-order valence-electron chi connectivity index (χ3n) is 5.41. The highest BCUT2D eigenvalue weighted by molar-refractivity contribution is 7.14. The lowest BCUT2D eigenvalue weighted by atomic mass is 9.92. The molecule has 0 aliphatic heterocycles. The molecule has 6 nitrogen and oxygen atoms in total. The number of unbranched alkanes of at least 4 members (excludes halogenated alkanes) is 1. The SMILES string of the molecule is CC.CCCCC(C)CC(C)CC.Cc1cccc(-c2csc(NC(=O)CNC(=O)OC(C)(C)C)n2)c1. The summed E-state index contributed by atoms with van der Waals surface area (Å²) in [5, 5.41) is 7.44. The van der Waals surface area contributed by atoms with Crippen LogP contribution >= 0.6 is 11.3 Å². The van der Waals surface area contributed by atoms with Gasteiger partial charge in [0.05, 0.1) is 5.69 Å². The fourth-order valence-corrected chi connectivity index (χ4v) is 4.16. The zero-order valence-corrected chi connectivity index (χ0v) is 25.7. The molecule has 0 aliphatic rings. The molecule has 2 atom stereocenters. The van der Waals surface area contributed by atoms with Gasteiger partial charge in [-0.1, -0.05) is 91.0 Å². The lowest BCUT2D eigenvalue weighted by Crippen LogP contribution is -2.37. The van der Waals surface area contributed by atoms with Gasteiger partial charge in [0.1, 0.15) is 12.1 Å². The average Bonchev–Trinajstić information content (AvgIpc) is 3.30. The number of hydrogen-bond acceptors (Lipinski definition) is 5.